The van der Waals surface area contributed by atoms with E-state index in [-0.39, 0.29) is 35.9 Å². The summed E-state index contributed by atoms with van der Waals surface area (Å²) in [5, 5.41) is 3.93. The van der Waals surface area contributed by atoms with E-state index in [4.69, 9.17) is 4.74 Å². The molecule has 3 aromatic rings. The minimum absolute atomic E-state index is 0.0122. The number of benzene rings is 1. The van der Waals surface area contributed by atoms with Crippen molar-refractivity contribution < 1.29 is 14.3 Å². The third kappa shape index (κ3) is 5.39. The van der Waals surface area contributed by atoms with E-state index in [2.05, 4.69) is 27.9 Å². The number of piperidine rings is 1. The van der Waals surface area contributed by atoms with Crippen LogP contribution in [-0.4, -0.2) is 58.8 Å². The molecule has 4 heterocycles. The fourth-order valence-corrected chi connectivity index (χ4v) is 7.00. The van der Waals surface area contributed by atoms with Gasteiger partial charge in [0.1, 0.15) is 0 Å². The molecule has 0 bridgehead atoms. The Bertz CT molecular complexity index is 1430. The molecule has 2 atom stereocenters. The van der Waals surface area contributed by atoms with Gasteiger partial charge >= 0.3 is 0 Å². The Balaban J connectivity index is 1.35. The summed E-state index contributed by atoms with van der Waals surface area (Å²) in [4.78, 5) is 44.8. The summed E-state index contributed by atoms with van der Waals surface area (Å²) < 4.78 is 7.72. The van der Waals surface area contributed by atoms with Crippen molar-refractivity contribution in [3.63, 3.8) is 0 Å². The van der Waals surface area contributed by atoms with Crippen molar-refractivity contribution in [2.75, 3.05) is 32.6 Å². The predicted octanol–water partition coefficient (Wildman–Crippen LogP) is 4.43. The first-order chi connectivity index (χ1) is 18.8. The number of aromatic amines is 1. The van der Waals surface area contributed by atoms with Gasteiger partial charge in [-0.15, -0.1) is 11.8 Å². The van der Waals surface area contributed by atoms with Crippen molar-refractivity contribution in [1.29, 1.82) is 0 Å². The standard InChI is InChI=1S/C30H38N4O4S/c1-18-15-26(39-4)24(28(35)32-18)16-31-29(36)27-20(3)34(25-8-6-5-7-23(25)27)19(2)21-9-12-33(13-10-21)30(37)22-11-14-38-17-22/h5-8,15,19,21-22H,9-14,16-17H2,1-4H3,(H,31,36)(H,32,35). The highest BCUT2D eigenvalue weighted by Crippen LogP contribution is 2.36. The van der Waals surface area contributed by atoms with Crippen LogP contribution in [0.3, 0.4) is 0 Å². The van der Waals surface area contributed by atoms with Crippen LogP contribution in [-0.2, 0) is 16.1 Å². The first-order valence-corrected chi connectivity index (χ1v) is 15.0. The molecule has 39 heavy (non-hydrogen) atoms. The summed E-state index contributed by atoms with van der Waals surface area (Å²) in [6, 6.07) is 10.1. The second-order valence-electron chi connectivity index (χ2n) is 10.8. The first-order valence-electron chi connectivity index (χ1n) is 13.8. The van der Waals surface area contributed by atoms with E-state index in [1.54, 1.807) is 0 Å². The minimum Gasteiger partial charge on any atom is -0.381 e. The predicted molar refractivity (Wildman–Crippen MR) is 154 cm³/mol. The SMILES string of the molecule is CSc1cc(C)[nH]c(=O)c1CNC(=O)c1c(C)n(C(C)C2CCN(C(=O)C3CCOC3)CC2)c2ccccc12. The zero-order valence-electron chi connectivity index (χ0n) is 23.2. The van der Waals surface area contributed by atoms with Crippen LogP contribution in [0.15, 0.2) is 40.0 Å². The van der Waals surface area contributed by atoms with Crippen molar-refractivity contribution in [3.05, 3.63) is 63.2 Å². The average Bonchev–Trinajstić information content (AvgIpc) is 3.57. The topological polar surface area (TPSA) is 96.4 Å². The van der Waals surface area contributed by atoms with Crippen LogP contribution in [0.1, 0.15) is 59.5 Å². The van der Waals surface area contributed by atoms with E-state index >= 15 is 0 Å². The fourth-order valence-electron chi connectivity index (χ4n) is 6.30. The lowest BCUT2D eigenvalue weighted by atomic mass is 9.89. The van der Waals surface area contributed by atoms with E-state index in [1.165, 1.54) is 11.8 Å². The lowest BCUT2D eigenvalue weighted by molar-refractivity contribution is -0.137. The zero-order chi connectivity index (χ0) is 27.7. The molecule has 2 N–H and O–H groups in total. The molecule has 8 nitrogen and oxygen atoms in total. The number of amides is 2. The molecule has 2 amide bonds. The summed E-state index contributed by atoms with van der Waals surface area (Å²) in [5.41, 5.74) is 3.81. The summed E-state index contributed by atoms with van der Waals surface area (Å²) in [5.74, 6) is 0.464. The van der Waals surface area contributed by atoms with Gasteiger partial charge in [0.15, 0.2) is 0 Å². The molecule has 2 aliphatic rings. The Hall–Kier alpha value is -3.04. The summed E-state index contributed by atoms with van der Waals surface area (Å²) in [6.07, 6.45) is 4.62. The number of likely N-dealkylation sites (tertiary alicyclic amines) is 1. The number of rotatable bonds is 7. The average molecular weight is 551 g/mol. The number of aromatic nitrogens is 2. The second kappa shape index (κ2) is 11.6. The van der Waals surface area contributed by atoms with Crippen molar-refractivity contribution in [3.8, 4) is 0 Å². The second-order valence-corrected chi connectivity index (χ2v) is 11.7. The van der Waals surface area contributed by atoms with Gasteiger partial charge in [-0.05, 0) is 64.3 Å². The molecule has 9 heteroatoms. The van der Waals surface area contributed by atoms with E-state index in [9.17, 15) is 14.4 Å². The van der Waals surface area contributed by atoms with Gasteiger partial charge in [0.2, 0.25) is 5.91 Å². The lowest BCUT2D eigenvalue weighted by Gasteiger charge is -2.37. The Morgan fingerprint density at radius 1 is 1.18 bits per heavy atom. The number of fused-ring (bicyclic) bond motifs is 1. The van der Waals surface area contributed by atoms with Crippen molar-refractivity contribution >= 4 is 34.5 Å². The van der Waals surface area contributed by atoms with Crippen LogP contribution in [0.25, 0.3) is 10.9 Å². The number of pyridine rings is 1. The monoisotopic (exact) mass is 550 g/mol. The highest BCUT2D eigenvalue weighted by Gasteiger charge is 2.33. The van der Waals surface area contributed by atoms with Gasteiger partial charge in [-0.2, -0.15) is 0 Å². The fraction of sp³-hybridized carbons (Fsp3) is 0.500. The molecule has 0 spiro atoms. The highest BCUT2D eigenvalue weighted by molar-refractivity contribution is 7.98. The number of aryl methyl sites for hydroxylation is 1. The molecular formula is C30H38N4O4S. The first kappa shape index (κ1) is 27.5. The highest BCUT2D eigenvalue weighted by atomic mass is 32.2. The quantitative estimate of drug-likeness (QED) is 0.424. The Morgan fingerprint density at radius 2 is 1.92 bits per heavy atom. The van der Waals surface area contributed by atoms with Gasteiger partial charge in [-0.3, -0.25) is 14.4 Å². The van der Waals surface area contributed by atoms with E-state index < -0.39 is 0 Å². The normalized spacial score (nSPS) is 19.0. The van der Waals surface area contributed by atoms with E-state index in [0.29, 0.717) is 30.3 Å². The summed E-state index contributed by atoms with van der Waals surface area (Å²) in [7, 11) is 0. The molecule has 1 aromatic carbocycles. The van der Waals surface area contributed by atoms with Gasteiger partial charge in [0.25, 0.3) is 11.5 Å². The summed E-state index contributed by atoms with van der Waals surface area (Å²) in [6.45, 7) is 9.01. The van der Waals surface area contributed by atoms with Gasteiger partial charge in [0.05, 0.1) is 18.1 Å². The third-order valence-corrected chi connectivity index (χ3v) is 9.28. The smallest absolute Gasteiger partial charge is 0.254 e. The molecule has 0 saturated carbocycles. The number of H-pyrrole nitrogens is 1. The third-order valence-electron chi connectivity index (χ3n) is 8.48. The molecule has 2 saturated heterocycles. The minimum atomic E-state index is -0.180. The zero-order valence-corrected chi connectivity index (χ0v) is 24.0. The Morgan fingerprint density at radius 3 is 2.62 bits per heavy atom. The number of para-hydroxylation sites is 1. The molecule has 2 aliphatic heterocycles. The van der Waals surface area contributed by atoms with E-state index in [0.717, 1.165) is 59.5 Å². The Kier molecular flexibility index (Phi) is 8.19. The molecular weight excluding hydrogens is 512 g/mol. The molecule has 0 aliphatic carbocycles. The lowest BCUT2D eigenvalue weighted by Crippen LogP contribution is -2.43. The molecule has 5 rings (SSSR count). The van der Waals surface area contributed by atoms with Crippen LogP contribution in [0.4, 0.5) is 0 Å². The Labute approximate surface area is 233 Å². The van der Waals surface area contributed by atoms with Gasteiger partial charge in [-0.1, -0.05) is 18.2 Å². The van der Waals surface area contributed by atoms with Crippen molar-refractivity contribution in [1.82, 2.24) is 19.8 Å². The largest absolute Gasteiger partial charge is 0.381 e. The molecule has 0 radical (unpaired) electrons. The number of ether oxygens (including phenoxy) is 1. The number of carbonyl (C=O) groups excluding carboxylic acids is 2. The van der Waals surface area contributed by atoms with E-state index in [1.807, 2.05) is 49.3 Å². The maximum absolute atomic E-state index is 13.6. The molecule has 2 fully saturated rings. The number of carbonyl (C=O) groups is 2. The van der Waals surface area contributed by atoms with Crippen LogP contribution in [0.5, 0.6) is 0 Å². The number of hydrogen-bond donors (Lipinski definition) is 2. The molecule has 2 unspecified atom stereocenters. The van der Waals surface area contributed by atoms with Gasteiger partial charge in [-0.25, -0.2) is 0 Å². The maximum atomic E-state index is 13.6. The summed E-state index contributed by atoms with van der Waals surface area (Å²) >= 11 is 1.50. The number of hydrogen-bond acceptors (Lipinski definition) is 5. The van der Waals surface area contributed by atoms with Crippen LogP contribution in [0, 0.1) is 25.7 Å². The molecule has 208 valence electrons. The van der Waals surface area contributed by atoms with Crippen molar-refractivity contribution in [2.45, 2.75) is 57.5 Å². The van der Waals surface area contributed by atoms with Crippen LogP contribution < -0.4 is 10.9 Å². The molecule has 2 aromatic heterocycles. The van der Waals surface area contributed by atoms with Crippen LogP contribution >= 0.6 is 11.8 Å². The van der Waals surface area contributed by atoms with Crippen LogP contribution in [0.2, 0.25) is 0 Å². The van der Waals surface area contributed by atoms with Gasteiger partial charge in [0, 0.05) is 65.0 Å². The number of thioether (sulfide) groups is 1. The van der Waals surface area contributed by atoms with Crippen molar-refractivity contribution in [2.24, 2.45) is 11.8 Å². The maximum Gasteiger partial charge on any atom is 0.254 e. The number of nitrogens with zero attached hydrogens (tertiary/aromatic N) is 2. The van der Waals surface area contributed by atoms with Gasteiger partial charge < -0.3 is 24.5 Å². The number of nitrogens with one attached hydrogen (secondary N) is 2.